The molecule has 0 N–H and O–H groups in total. The predicted octanol–water partition coefficient (Wildman–Crippen LogP) is 0.717. The summed E-state index contributed by atoms with van der Waals surface area (Å²) in [5, 5.41) is 0. The average Bonchev–Trinajstić information content (AvgIpc) is 1.25. The Bertz CT molecular complexity index is 73.0. The molecule has 9 heavy (non-hydrogen) atoms. The van der Waals surface area contributed by atoms with Crippen molar-refractivity contribution in [2.75, 3.05) is 0 Å². The molecule has 0 aromatic rings. The molecule has 0 rings (SSSR count). The summed E-state index contributed by atoms with van der Waals surface area (Å²) in [4.78, 5) is 18.2. The van der Waals surface area contributed by atoms with E-state index in [1.165, 1.54) is 13.8 Å². The van der Waals surface area contributed by atoms with Crippen molar-refractivity contribution in [3.63, 3.8) is 0 Å². The maximum absolute atomic E-state index is 10.4. The molecule has 0 fully saturated rings. The molecule has 0 aliphatic rings. The molecule has 0 heterocycles. The number of Topliss-reactive ketones (excluding diaryl/α,β-unsaturated/α-hetero) is 1. The van der Waals surface area contributed by atoms with Crippen molar-refractivity contribution in [3.05, 3.63) is 0 Å². The summed E-state index contributed by atoms with van der Waals surface area (Å²) >= 11 is 0. The molecule has 0 aliphatic carbocycles. The third kappa shape index (κ3) is 1300. The third-order valence-electron chi connectivity index (χ3n) is 0. The van der Waals surface area contributed by atoms with Gasteiger partial charge in [0.15, 0.2) is 0 Å². The zero-order chi connectivity index (χ0) is 7.15. The minimum atomic E-state index is -1.33. The van der Waals surface area contributed by atoms with Gasteiger partial charge in [0.1, 0.15) is 5.78 Å². The Balaban J connectivity index is -0.0000000720. The van der Waals surface area contributed by atoms with E-state index in [4.69, 9.17) is 4.79 Å². The predicted molar refractivity (Wildman–Crippen MR) is 33.9 cm³/mol. The fourth-order valence-corrected chi connectivity index (χ4v) is 0. The Hall–Kier alpha value is 0.530. The summed E-state index contributed by atoms with van der Waals surface area (Å²) in [6, 6.07) is -1.33. The second-order valence-electron chi connectivity index (χ2n) is 1.38. The van der Waals surface area contributed by atoms with Gasteiger partial charge in [-0.2, -0.15) is 4.39 Å². The molecule has 0 bridgehead atoms. The molecule has 0 spiro atoms. The summed E-state index contributed by atoms with van der Waals surface area (Å²) in [7, 11) is 0. The Kier molecular flexibility index (Phi) is 20.5. The van der Waals surface area contributed by atoms with Crippen molar-refractivity contribution >= 4 is 49.6 Å². The van der Waals surface area contributed by atoms with Crippen LogP contribution in [0.4, 0.5) is 4.39 Å². The van der Waals surface area contributed by atoms with E-state index in [1.54, 1.807) is 0 Å². The molecular weight excluding hydrogens is 151 g/mol. The smallest absolute Gasteiger partial charge is 0.298 e. The molecule has 0 unspecified atom stereocenters. The van der Waals surface area contributed by atoms with Gasteiger partial charge in [0.05, 0.1) is 0 Å². The average molecular weight is 160 g/mol. The first-order valence-corrected chi connectivity index (χ1v) is 2.10. The first kappa shape index (κ1) is 16.3. The molecule has 0 amide bonds. The zero-order valence-corrected chi connectivity index (χ0v) is 8.11. The van der Waals surface area contributed by atoms with Gasteiger partial charge in [-0.1, -0.05) is 0 Å². The molecule has 50 valence electrons. The maximum Gasteiger partial charge on any atom is 0.298 e. The second kappa shape index (κ2) is 11.3. The van der Waals surface area contributed by atoms with Gasteiger partial charge in [-0.25, -0.2) is 0 Å². The van der Waals surface area contributed by atoms with Crippen LogP contribution in [0.1, 0.15) is 20.8 Å². The Labute approximate surface area is 83.8 Å². The van der Waals surface area contributed by atoms with E-state index in [-0.39, 0.29) is 43.5 Å². The largest absolute Gasteiger partial charge is 0.300 e. The molecule has 2 radical (unpaired) electrons. The minimum Gasteiger partial charge on any atom is -0.300 e. The van der Waals surface area contributed by atoms with Crippen LogP contribution in [0.3, 0.4) is 0 Å². The monoisotopic (exact) mass is 160 g/mol. The normalized spacial score (nSPS) is 5.78. The first-order chi connectivity index (χ1) is 3.46. The second-order valence-corrected chi connectivity index (χ2v) is 1.38. The van der Waals surface area contributed by atoms with E-state index in [2.05, 4.69) is 0 Å². The molecule has 4 heteroatoms. The summed E-state index contributed by atoms with van der Waals surface area (Å²) in [6.45, 7) is 3.92. The number of carbonyl (C=O) groups is 2. The number of ketones is 1. The first-order valence-electron chi connectivity index (χ1n) is 2.10. The van der Waals surface area contributed by atoms with Crippen LogP contribution in [-0.4, -0.2) is 49.6 Å². The number of rotatable bonds is 0. The molecule has 0 aromatic carbocycles. The van der Waals surface area contributed by atoms with Crippen molar-refractivity contribution in [1.82, 2.24) is 0 Å². The third-order valence-corrected chi connectivity index (χ3v) is 0. The zero-order valence-electron chi connectivity index (χ0n) is 5.90. The van der Waals surface area contributed by atoms with Crippen LogP contribution in [0.15, 0.2) is 0 Å². The molecule has 0 saturated heterocycles. The van der Waals surface area contributed by atoms with Crippen LogP contribution < -0.4 is 0 Å². The molecule has 0 saturated carbocycles. The van der Waals surface area contributed by atoms with Gasteiger partial charge in [0.2, 0.25) is 0 Å². The molecule has 2 nitrogen and oxygen atoms in total. The Morgan fingerprint density at radius 3 is 1.11 bits per heavy atom. The SMILES string of the molecule is CC(=O)F.CC(C)=O.[Ca]. The summed E-state index contributed by atoms with van der Waals surface area (Å²) in [5.41, 5.74) is 0. The molecule has 0 aromatic heterocycles. The minimum absolute atomic E-state index is 0. The van der Waals surface area contributed by atoms with Gasteiger partial charge >= 0.3 is 0 Å². The van der Waals surface area contributed by atoms with Gasteiger partial charge in [0, 0.05) is 44.7 Å². The van der Waals surface area contributed by atoms with Crippen molar-refractivity contribution in [1.29, 1.82) is 0 Å². The number of hydrogen-bond donors (Lipinski definition) is 0. The van der Waals surface area contributed by atoms with Crippen molar-refractivity contribution in [3.8, 4) is 0 Å². The fraction of sp³-hybridized carbons (Fsp3) is 0.600. The topological polar surface area (TPSA) is 34.1 Å². The van der Waals surface area contributed by atoms with E-state index >= 15 is 0 Å². The summed E-state index contributed by atoms with van der Waals surface area (Å²) < 4.78 is 10.4. The fourth-order valence-electron chi connectivity index (χ4n) is 0. The quantitative estimate of drug-likeness (QED) is 0.386. The summed E-state index contributed by atoms with van der Waals surface area (Å²) in [5.74, 6) is 0.167. The van der Waals surface area contributed by atoms with Crippen LogP contribution in [0.2, 0.25) is 0 Å². The van der Waals surface area contributed by atoms with Gasteiger partial charge in [0.25, 0.3) is 6.04 Å². The van der Waals surface area contributed by atoms with Gasteiger partial charge in [-0.3, -0.25) is 4.79 Å². The van der Waals surface area contributed by atoms with Crippen molar-refractivity contribution < 1.29 is 14.0 Å². The van der Waals surface area contributed by atoms with E-state index in [0.717, 1.165) is 6.92 Å². The van der Waals surface area contributed by atoms with Crippen LogP contribution in [0.5, 0.6) is 0 Å². The number of carbonyl (C=O) groups excluding carboxylic acids is 2. The number of hydrogen-bond acceptors (Lipinski definition) is 2. The van der Waals surface area contributed by atoms with Gasteiger partial charge in [-0.15, -0.1) is 0 Å². The standard InChI is InChI=1S/C3H6O.C2H3FO.Ca/c1-3(2)4;1-2(3)4;/h1-2H3;1H3;. The van der Waals surface area contributed by atoms with Crippen LogP contribution in [0.25, 0.3) is 0 Å². The van der Waals surface area contributed by atoms with E-state index < -0.39 is 6.04 Å². The number of halogens is 1. The van der Waals surface area contributed by atoms with E-state index in [0.29, 0.717) is 0 Å². The van der Waals surface area contributed by atoms with E-state index in [1.807, 2.05) is 0 Å². The summed E-state index contributed by atoms with van der Waals surface area (Å²) in [6.07, 6.45) is 0. The van der Waals surface area contributed by atoms with Crippen molar-refractivity contribution in [2.24, 2.45) is 0 Å². The van der Waals surface area contributed by atoms with Crippen LogP contribution in [0, 0.1) is 0 Å². The van der Waals surface area contributed by atoms with Gasteiger partial charge in [-0.05, 0) is 13.8 Å². The Morgan fingerprint density at radius 2 is 1.11 bits per heavy atom. The van der Waals surface area contributed by atoms with Gasteiger partial charge < -0.3 is 4.79 Å². The van der Waals surface area contributed by atoms with Crippen LogP contribution >= 0.6 is 0 Å². The van der Waals surface area contributed by atoms with Crippen molar-refractivity contribution in [2.45, 2.75) is 20.8 Å². The van der Waals surface area contributed by atoms with E-state index in [9.17, 15) is 9.18 Å². The molecule has 0 atom stereocenters. The molecular formula is C5H9CaFO2. The Morgan fingerprint density at radius 1 is 1.11 bits per heavy atom. The van der Waals surface area contributed by atoms with Crippen LogP contribution in [-0.2, 0) is 9.59 Å². The maximum atomic E-state index is 10.4. The molecule has 0 aliphatic heterocycles.